The number of aliphatic hydroxyl groups is 2. The number of aliphatic hydroxyl groups excluding tert-OH is 2. The highest BCUT2D eigenvalue weighted by molar-refractivity contribution is 7.92. The molecule has 18 heteroatoms. The molecule has 0 amide bonds. The summed E-state index contributed by atoms with van der Waals surface area (Å²) in [6.07, 6.45) is -1.13. The molecule has 2 aromatic rings. The predicted octanol–water partition coefficient (Wildman–Crippen LogP) is 2.53. The minimum atomic E-state index is -3.72. The van der Waals surface area contributed by atoms with Gasteiger partial charge in [-0.1, -0.05) is 26.0 Å². The summed E-state index contributed by atoms with van der Waals surface area (Å²) in [4.78, 5) is 50.2. The van der Waals surface area contributed by atoms with Crippen LogP contribution < -0.4 is 4.31 Å². The highest BCUT2D eigenvalue weighted by Crippen LogP contribution is 2.31. The van der Waals surface area contributed by atoms with E-state index in [-0.39, 0.29) is 37.0 Å². The molecule has 0 aliphatic heterocycles. The van der Waals surface area contributed by atoms with Gasteiger partial charge in [0.25, 0.3) is 5.09 Å². The lowest BCUT2D eigenvalue weighted by Crippen LogP contribution is -2.28. The van der Waals surface area contributed by atoms with Crippen molar-refractivity contribution in [1.82, 2.24) is 9.97 Å². The third kappa shape index (κ3) is 11.4. The Morgan fingerprint density at radius 2 is 1.89 bits per heavy atom. The van der Waals surface area contributed by atoms with E-state index in [1.807, 2.05) is 13.8 Å². The van der Waals surface area contributed by atoms with Crippen molar-refractivity contribution in [3.8, 4) is 11.3 Å². The molecule has 3 atom stereocenters. The summed E-state index contributed by atoms with van der Waals surface area (Å²) in [6.45, 7) is 2.76. The molecule has 1 aromatic carbocycles. The Bertz CT molecular complexity index is 1420. The van der Waals surface area contributed by atoms with E-state index in [1.54, 1.807) is 0 Å². The van der Waals surface area contributed by atoms with Crippen molar-refractivity contribution in [3.63, 3.8) is 0 Å². The van der Waals surface area contributed by atoms with Gasteiger partial charge in [0.2, 0.25) is 16.0 Å². The molecular weight excluding hydrogens is 609 g/mol. The normalized spacial score (nSPS) is 13.7. The van der Waals surface area contributed by atoms with Crippen molar-refractivity contribution in [2.24, 2.45) is 5.34 Å². The molecule has 242 valence electrons. The Labute approximate surface area is 252 Å². The van der Waals surface area contributed by atoms with Crippen molar-refractivity contribution in [3.05, 3.63) is 62.4 Å². The molecule has 1 heterocycles. The van der Waals surface area contributed by atoms with Crippen LogP contribution in [0.1, 0.15) is 50.3 Å². The number of esters is 1. The second-order valence-corrected chi connectivity index (χ2v) is 11.9. The van der Waals surface area contributed by atoms with Gasteiger partial charge in [0.15, 0.2) is 5.34 Å². The van der Waals surface area contributed by atoms with Crippen LogP contribution in [0.4, 0.5) is 10.3 Å². The van der Waals surface area contributed by atoms with Gasteiger partial charge in [-0.15, -0.1) is 15.0 Å². The Kier molecular flexibility index (Phi) is 13.5. The zero-order valence-electron chi connectivity index (χ0n) is 24.4. The van der Waals surface area contributed by atoms with Crippen LogP contribution in [-0.4, -0.2) is 84.5 Å². The van der Waals surface area contributed by atoms with Gasteiger partial charge in [-0.3, -0.25) is 4.79 Å². The van der Waals surface area contributed by atoms with Crippen molar-refractivity contribution < 1.29 is 47.3 Å². The second kappa shape index (κ2) is 16.5. The molecule has 0 aliphatic carbocycles. The van der Waals surface area contributed by atoms with E-state index in [0.717, 1.165) is 10.6 Å². The summed E-state index contributed by atoms with van der Waals surface area (Å²) in [5.41, 5.74) is 1.56. The SMILES string of the molecule is CC(C)c1nc(N(C)S(C)(=O)=O)nc(-c2ccc(F)cc2)c1/C=C/C(O)C[C@@H](O)CC(=O)OCC(CCON=O)O[N+](=O)[O-]. The first kappa shape index (κ1) is 35.9. The van der Waals surface area contributed by atoms with Gasteiger partial charge in [-0.05, 0) is 30.2 Å². The summed E-state index contributed by atoms with van der Waals surface area (Å²) in [5.74, 6) is -1.78. The number of benzene rings is 1. The minimum Gasteiger partial charge on any atom is -0.463 e. The van der Waals surface area contributed by atoms with Crippen molar-refractivity contribution in [2.45, 2.75) is 57.3 Å². The number of hydrogen-bond acceptors (Lipinski definition) is 14. The molecule has 16 nitrogen and oxygen atoms in total. The number of halogens is 1. The van der Waals surface area contributed by atoms with Crippen LogP contribution in [-0.2, 0) is 29.2 Å². The molecule has 2 unspecified atom stereocenters. The van der Waals surface area contributed by atoms with Gasteiger partial charge in [0, 0.05) is 31.0 Å². The van der Waals surface area contributed by atoms with Gasteiger partial charge < -0.3 is 24.6 Å². The fraction of sp³-hybridized carbons (Fsp3) is 0.500. The summed E-state index contributed by atoms with van der Waals surface area (Å²) in [5, 5.41) is 32.6. The third-order valence-corrected chi connectivity index (χ3v) is 7.22. The van der Waals surface area contributed by atoms with Gasteiger partial charge in [-0.25, -0.2) is 27.1 Å². The number of rotatable bonds is 18. The number of sulfonamides is 1. The molecule has 2 rings (SSSR count). The van der Waals surface area contributed by atoms with Crippen LogP contribution in [0.15, 0.2) is 35.7 Å². The molecule has 0 fully saturated rings. The fourth-order valence-electron chi connectivity index (χ4n) is 3.79. The average molecular weight is 644 g/mol. The summed E-state index contributed by atoms with van der Waals surface area (Å²) < 4.78 is 43.9. The number of anilines is 1. The van der Waals surface area contributed by atoms with E-state index in [0.29, 0.717) is 16.8 Å². The van der Waals surface area contributed by atoms with E-state index in [4.69, 9.17) is 4.74 Å². The lowest BCUT2D eigenvalue weighted by molar-refractivity contribution is -0.769. The maximum absolute atomic E-state index is 13.7. The topological polar surface area (TPSA) is 221 Å². The number of carbonyl (C=O) groups excluding carboxylic acids is 1. The van der Waals surface area contributed by atoms with Gasteiger partial charge >= 0.3 is 5.97 Å². The minimum absolute atomic E-state index is 0.110. The van der Waals surface area contributed by atoms with Crippen LogP contribution in [0.2, 0.25) is 0 Å². The number of carbonyl (C=O) groups is 1. The Morgan fingerprint density at radius 1 is 1.23 bits per heavy atom. The maximum Gasteiger partial charge on any atom is 0.308 e. The number of nitrogens with zero attached hydrogens (tertiary/aromatic N) is 5. The van der Waals surface area contributed by atoms with E-state index < -0.39 is 58.2 Å². The molecule has 1 aromatic heterocycles. The lowest BCUT2D eigenvalue weighted by atomic mass is 9.97. The van der Waals surface area contributed by atoms with Gasteiger partial charge in [-0.2, -0.15) is 0 Å². The van der Waals surface area contributed by atoms with Crippen LogP contribution >= 0.6 is 0 Å². The van der Waals surface area contributed by atoms with Gasteiger partial charge in [0.1, 0.15) is 25.1 Å². The molecule has 44 heavy (non-hydrogen) atoms. The van der Waals surface area contributed by atoms with Crippen molar-refractivity contribution in [1.29, 1.82) is 0 Å². The highest BCUT2D eigenvalue weighted by atomic mass is 32.2. The zero-order valence-corrected chi connectivity index (χ0v) is 25.2. The summed E-state index contributed by atoms with van der Waals surface area (Å²) >= 11 is 0. The monoisotopic (exact) mass is 643 g/mol. The van der Waals surface area contributed by atoms with E-state index >= 15 is 0 Å². The van der Waals surface area contributed by atoms with Crippen molar-refractivity contribution in [2.75, 3.05) is 30.8 Å². The fourth-order valence-corrected chi connectivity index (χ4v) is 4.17. The highest BCUT2D eigenvalue weighted by Gasteiger charge is 2.23. The Hall–Kier alpha value is -4.29. The number of aromatic nitrogens is 2. The Balaban J connectivity index is 2.22. The van der Waals surface area contributed by atoms with Crippen LogP contribution in [0, 0.1) is 20.8 Å². The first-order valence-electron chi connectivity index (χ1n) is 13.2. The molecule has 0 radical (unpaired) electrons. The standard InChI is InChI=1S/C26H34FN5O11S/c1-16(2)24-22(25(17-5-7-18(27)8-6-17)29-26(28-24)31(3)44(4,39)40)10-9-19(33)13-20(34)14-23(35)41-15-21(43-32(37)38)11-12-42-30-36/h5-10,16,19-21,33-34H,11-15H2,1-4H3/b10-9+/t19?,20-,21?/m1/s1. The molecule has 2 N–H and O–H groups in total. The van der Waals surface area contributed by atoms with E-state index in [2.05, 4.69) is 25.0 Å². The van der Waals surface area contributed by atoms with Crippen LogP contribution in [0.5, 0.6) is 0 Å². The zero-order chi connectivity index (χ0) is 33.0. The van der Waals surface area contributed by atoms with E-state index in [9.17, 15) is 42.8 Å². The average Bonchev–Trinajstić information content (AvgIpc) is 2.93. The van der Waals surface area contributed by atoms with Crippen LogP contribution in [0.3, 0.4) is 0 Å². The summed E-state index contributed by atoms with van der Waals surface area (Å²) in [6, 6.07) is 5.35. The number of hydrogen-bond donors (Lipinski definition) is 2. The lowest BCUT2D eigenvalue weighted by Gasteiger charge is -2.20. The molecular formula is C26H34FN5O11S. The largest absolute Gasteiger partial charge is 0.463 e. The van der Waals surface area contributed by atoms with Crippen molar-refractivity contribution >= 4 is 28.0 Å². The van der Waals surface area contributed by atoms with Crippen LogP contribution in [0.25, 0.3) is 17.3 Å². The van der Waals surface area contributed by atoms with E-state index in [1.165, 1.54) is 43.5 Å². The summed E-state index contributed by atoms with van der Waals surface area (Å²) in [7, 11) is -2.42. The first-order chi connectivity index (χ1) is 20.6. The smallest absolute Gasteiger partial charge is 0.308 e. The molecule has 0 bridgehead atoms. The maximum atomic E-state index is 13.7. The van der Waals surface area contributed by atoms with Gasteiger partial charge in [0.05, 0.1) is 36.3 Å². The molecule has 0 aliphatic rings. The Morgan fingerprint density at radius 3 is 2.45 bits per heavy atom. The predicted molar refractivity (Wildman–Crippen MR) is 154 cm³/mol. The number of ether oxygens (including phenoxy) is 1. The third-order valence-electron chi connectivity index (χ3n) is 6.06. The molecule has 0 saturated carbocycles. The molecule has 0 saturated heterocycles. The quantitative estimate of drug-likeness (QED) is 0.0785. The second-order valence-electron chi connectivity index (χ2n) is 9.91. The first-order valence-corrected chi connectivity index (χ1v) is 15.0. The molecule has 0 spiro atoms.